The summed E-state index contributed by atoms with van der Waals surface area (Å²) in [4.78, 5) is 22.0. The zero-order valence-electron chi connectivity index (χ0n) is 14.0. The zero-order chi connectivity index (χ0) is 16.4. The van der Waals surface area contributed by atoms with Crippen molar-refractivity contribution in [1.82, 2.24) is 14.9 Å². The molecule has 1 saturated heterocycles. The van der Waals surface area contributed by atoms with E-state index in [1.54, 1.807) is 0 Å². The lowest BCUT2D eigenvalue weighted by molar-refractivity contribution is 0.221. The Hall–Kier alpha value is -2.14. The number of aromatic nitrogens is 2. The molecule has 0 radical (unpaired) electrons. The van der Waals surface area contributed by atoms with Gasteiger partial charge in [0.25, 0.3) is 5.56 Å². The first-order valence-electron chi connectivity index (χ1n) is 8.98. The van der Waals surface area contributed by atoms with Gasteiger partial charge in [-0.15, -0.1) is 0 Å². The largest absolute Gasteiger partial charge is 0.326 e. The number of nitrogens with zero attached hydrogens (tertiary/aromatic N) is 2. The lowest BCUT2D eigenvalue weighted by Crippen LogP contribution is -2.29. The van der Waals surface area contributed by atoms with Gasteiger partial charge < -0.3 is 5.32 Å². The molecule has 1 aromatic carbocycles. The number of aromatic amines is 1. The first-order chi connectivity index (χ1) is 11.8. The third kappa shape index (κ3) is 3.36. The van der Waals surface area contributed by atoms with Gasteiger partial charge in [-0.05, 0) is 62.9 Å². The molecular formula is C19H24N4O. The molecule has 0 unspecified atom stereocenters. The van der Waals surface area contributed by atoms with Crippen LogP contribution in [-0.4, -0.2) is 28.0 Å². The van der Waals surface area contributed by atoms with E-state index in [0.29, 0.717) is 5.95 Å². The van der Waals surface area contributed by atoms with E-state index in [1.807, 2.05) is 0 Å². The topological polar surface area (TPSA) is 61.0 Å². The second-order valence-electron chi connectivity index (χ2n) is 6.85. The van der Waals surface area contributed by atoms with Gasteiger partial charge in [-0.2, -0.15) is 0 Å². The maximum Gasteiger partial charge on any atom is 0.255 e. The second kappa shape index (κ2) is 6.77. The highest BCUT2D eigenvalue weighted by Crippen LogP contribution is 2.20. The summed E-state index contributed by atoms with van der Waals surface area (Å²) >= 11 is 0. The Morgan fingerprint density at radius 1 is 1.04 bits per heavy atom. The molecule has 5 heteroatoms. The number of rotatable bonds is 4. The van der Waals surface area contributed by atoms with Crippen molar-refractivity contribution in [1.29, 1.82) is 0 Å². The average Bonchev–Trinajstić information content (AvgIpc) is 3.07. The van der Waals surface area contributed by atoms with Crippen molar-refractivity contribution in [3.63, 3.8) is 0 Å². The minimum absolute atomic E-state index is 0.00159. The molecule has 0 spiro atoms. The maximum absolute atomic E-state index is 12.1. The van der Waals surface area contributed by atoms with Crippen LogP contribution in [0.3, 0.4) is 0 Å². The molecule has 2 N–H and O–H groups in total. The van der Waals surface area contributed by atoms with Gasteiger partial charge in [-0.1, -0.05) is 18.6 Å². The van der Waals surface area contributed by atoms with E-state index >= 15 is 0 Å². The number of likely N-dealkylation sites (tertiary alicyclic amines) is 1. The van der Waals surface area contributed by atoms with Crippen molar-refractivity contribution in [2.24, 2.45) is 0 Å². The van der Waals surface area contributed by atoms with E-state index in [2.05, 4.69) is 44.5 Å². The molecule has 0 saturated carbocycles. The molecule has 1 aromatic heterocycles. The van der Waals surface area contributed by atoms with Gasteiger partial charge in [0, 0.05) is 17.8 Å². The van der Waals surface area contributed by atoms with Crippen LogP contribution in [0.2, 0.25) is 0 Å². The van der Waals surface area contributed by atoms with Crippen molar-refractivity contribution in [3.05, 3.63) is 51.4 Å². The fraction of sp³-hybridized carbons (Fsp3) is 0.474. The lowest BCUT2D eigenvalue weighted by Gasteiger charge is -2.26. The van der Waals surface area contributed by atoms with Crippen LogP contribution in [0, 0.1) is 0 Å². The summed E-state index contributed by atoms with van der Waals surface area (Å²) in [6.07, 6.45) is 6.78. The zero-order valence-corrected chi connectivity index (χ0v) is 14.0. The Morgan fingerprint density at radius 2 is 1.83 bits per heavy atom. The van der Waals surface area contributed by atoms with Crippen molar-refractivity contribution in [2.75, 3.05) is 18.4 Å². The second-order valence-corrected chi connectivity index (χ2v) is 6.85. The molecule has 1 aliphatic carbocycles. The molecule has 1 aliphatic heterocycles. The molecule has 24 heavy (non-hydrogen) atoms. The van der Waals surface area contributed by atoms with Crippen LogP contribution in [0.1, 0.15) is 42.5 Å². The molecule has 1 fully saturated rings. The summed E-state index contributed by atoms with van der Waals surface area (Å²) in [5.41, 5.74) is 4.10. The van der Waals surface area contributed by atoms with E-state index in [-0.39, 0.29) is 5.56 Å². The fourth-order valence-electron chi connectivity index (χ4n) is 3.71. The van der Waals surface area contributed by atoms with E-state index < -0.39 is 0 Å². The van der Waals surface area contributed by atoms with Gasteiger partial charge in [0.1, 0.15) is 0 Å². The van der Waals surface area contributed by atoms with Crippen molar-refractivity contribution < 1.29 is 0 Å². The van der Waals surface area contributed by atoms with Gasteiger partial charge in [-0.3, -0.25) is 14.7 Å². The van der Waals surface area contributed by atoms with Crippen LogP contribution in [-0.2, 0) is 19.4 Å². The summed E-state index contributed by atoms with van der Waals surface area (Å²) in [5.74, 6) is 0.546. The van der Waals surface area contributed by atoms with Crippen LogP contribution in [0.4, 0.5) is 11.6 Å². The summed E-state index contributed by atoms with van der Waals surface area (Å²) in [6, 6.07) is 8.43. The van der Waals surface area contributed by atoms with E-state index in [9.17, 15) is 4.79 Å². The fourth-order valence-corrected chi connectivity index (χ4v) is 3.71. The van der Waals surface area contributed by atoms with Crippen molar-refractivity contribution in [2.45, 2.75) is 45.1 Å². The standard InChI is InChI=1S/C19H24N4O/c24-18-16-5-4-6-17(16)21-19(22-18)20-15-9-7-14(8-10-15)13-23-11-2-1-3-12-23/h7-10H,1-6,11-13H2,(H2,20,21,22,24). The highest BCUT2D eigenvalue weighted by molar-refractivity contribution is 5.54. The average molecular weight is 324 g/mol. The number of piperidine rings is 1. The molecular weight excluding hydrogens is 300 g/mol. The first-order valence-corrected chi connectivity index (χ1v) is 8.98. The molecule has 0 bridgehead atoms. The third-order valence-electron chi connectivity index (χ3n) is 5.01. The van der Waals surface area contributed by atoms with Crippen LogP contribution >= 0.6 is 0 Å². The smallest absolute Gasteiger partial charge is 0.255 e. The van der Waals surface area contributed by atoms with Crippen molar-refractivity contribution in [3.8, 4) is 0 Å². The van der Waals surface area contributed by atoms with Crippen LogP contribution in [0.5, 0.6) is 0 Å². The minimum atomic E-state index is 0.00159. The molecule has 2 aromatic rings. The van der Waals surface area contributed by atoms with Gasteiger partial charge in [0.2, 0.25) is 5.95 Å². The maximum atomic E-state index is 12.1. The molecule has 5 nitrogen and oxygen atoms in total. The monoisotopic (exact) mass is 324 g/mol. The quantitative estimate of drug-likeness (QED) is 0.908. The Kier molecular flexibility index (Phi) is 4.34. The summed E-state index contributed by atoms with van der Waals surface area (Å²) < 4.78 is 0. The van der Waals surface area contributed by atoms with Gasteiger partial charge in [0.15, 0.2) is 0 Å². The summed E-state index contributed by atoms with van der Waals surface area (Å²) in [5, 5.41) is 3.23. The van der Waals surface area contributed by atoms with E-state index in [0.717, 1.165) is 42.8 Å². The van der Waals surface area contributed by atoms with Crippen LogP contribution in [0.25, 0.3) is 0 Å². The van der Waals surface area contributed by atoms with Crippen LogP contribution in [0.15, 0.2) is 29.1 Å². The predicted octanol–water partition coefficient (Wildman–Crippen LogP) is 2.99. The van der Waals surface area contributed by atoms with Gasteiger partial charge >= 0.3 is 0 Å². The van der Waals surface area contributed by atoms with Gasteiger partial charge in [-0.25, -0.2) is 4.98 Å². The first kappa shape index (κ1) is 15.4. The number of hydrogen-bond acceptors (Lipinski definition) is 4. The number of H-pyrrole nitrogens is 1. The number of hydrogen-bond donors (Lipinski definition) is 2. The highest BCUT2D eigenvalue weighted by atomic mass is 16.1. The van der Waals surface area contributed by atoms with Crippen LogP contribution < -0.4 is 10.9 Å². The number of nitrogens with one attached hydrogen (secondary N) is 2. The Balaban J connectivity index is 1.44. The molecule has 126 valence electrons. The minimum Gasteiger partial charge on any atom is -0.326 e. The van der Waals surface area contributed by atoms with E-state index in [4.69, 9.17) is 0 Å². The molecule has 2 heterocycles. The lowest BCUT2D eigenvalue weighted by atomic mass is 10.1. The number of anilines is 2. The third-order valence-corrected chi connectivity index (χ3v) is 5.01. The molecule has 4 rings (SSSR count). The Bertz CT molecular complexity index is 760. The molecule has 0 amide bonds. The van der Waals surface area contributed by atoms with Crippen molar-refractivity contribution >= 4 is 11.6 Å². The van der Waals surface area contributed by atoms with E-state index in [1.165, 1.54) is 37.9 Å². The highest BCUT2D eigenvalue weighted by Gasteiger charge is 2.17. The normalized spacial score (nSPS) is 17.7. The Morgan fingerprint density at radius 3 is 2.62 bits per heavy atom. The molecule has 0 atom stereocenters. The number of benzene rings is 1. The SMILES string of the molecule is O=c1[nH]c(Nc2ccc(CN3CCCCC3)cc2)nc2c1CCC2. The number of aryl methyl sites for hydroxylation is 1. The summed E-state index contributed by atoms with van der Waals surface area (Å²) in [6.45, 7) is 3.44. The van der Waals surface area contributed by atoms with Gasteiger partial charge in [0.05, 0.1) is 5.69 Å². The molecule has 2 aliphatic rings. The number of fused-ring (bicyclic) bond motifs is 1. The predicted molar refractivity (Wildman–Crippen MR) is 95.7 cm³/mol. The Labute approximate surface area is 142 Å². The summed E-state index contributed by atoms with van der Waals surface area (Å²) in [7, 11) is 0.